The van der Waals surface area contributed by atoms with Crippen molar-refractivity contribution in [2.75, 3.05) is 22.1 Å². The van der Waals surface area contributed by atoms with Crippen LogP contribution in [0.25, 0.3) is 5.69 Å². The Morgan fingerprint density at radius 3 is 2.50 bits per heavy atom. The molecule has 14 heteroatoms. The molecule has 2 aliphatic rings. The van der Waals surface area contributed by atoms with E-state index in [0.29, 0.717) is 34.2 Å². The van der Waals surface area contributed by atoms with Crippen molar-refractivity contribution in [1.29, 1.82) is 0 Å². The molecule has 4 aromatic rings. The van der Waals surface area contributed by atoms with Gasteiger partial charge in [-0.15, -0.1) is 18.3 Å². The lowest BCUT2D eigenvalue weighted by molar-refractivity contribution is -0.274. The van der Waals surface area contributed by atoms with E-state index in [1.54, 1.807) is 30.2 Å². The Bertz CT molecular complexity index is 1970. The summed E-state index contributed by atoms with van der Waals surface area (Å²) >= 11 is 8.13. The first-order chi connectivity index (χ1) is 22.8. The Balaban J connectivity index is 1.19. The minimum atomic E-state index is -4.82. The molecule has 48 heavy (non-hydrogen) atoms. The van der Waals surface area contributed by atoms with Gasteiger partial charge in [0.05, 0.1) is 29.0 Å². The molecule has 2 amide bonds. The molecule has 1 fully saturated rings. The fourth-order valence-corrected chi connectivity index (χ4v) is 6.89. The van der Waals surface area contributed by atoms with Crippen molar-refractivity contribution in [3.63, 3.8) is 0 Å². The molecule has 0 bridgehead atoms. The van der Waals surface area contributed by atoms with Crippen LogP contribution in [0.2, 0.25) is 5.15 Å². The van der Waals surface area contributed by atoms with E-state index in [1.807, 2.05) is 37.3 Å². The molecule has 0 saturated carbocycles. The van der Waals surface area contributed by atoms with Gasteiger partial charge >= 0.3 is 6.36 Å². The number of amidine groups is 1. The number of carbonyl (C=O) groups is 2. The van der Waals surface area contributed by atoms with E-state index in [1.165, 1.54) is 33.5 Å². The van der Waals surface area contributed by atoms with Gasteiger partial charge in [-0.25, -0.2) is 4.68 Å². The van der Waals surface area contributed by atoms with Gasteiger partial charge < -0.3 is 9.64 Å². The fourth-order valence-electron chi connectivity index (χ4n) is 5.70. The predicted octanol–water partition coefficient (Wildman–Crippen LogP) is 7.84. The number of thioether (sulfide) groups is 1. The molecular weight excluding hydrogens is 665 g/mol. The highest BCUT2D eigenvalue weighted by molar-refractivity contribution is 8.15. The highest BCUT2D eigenvalue weighted by Crippen LogP contribution is 2.37. The monoisotopic (exact) mass is 694 g/mol. The molecule has 3 heterocycles. The molecular formula is C34H30ClF3N6O3S. The molecule has 0 N–H and O–H groups in total. The summed E-state index contributed by atoms with van der Waals surface area (Å²) in [5.74, 6) is -0.301. The number of aryl methyl sites for hydroxylation is 2. The normalized spacial score (nSPS) is 16.1. The first-order valence-electron chi connectivity index (χ1n) is 15.0. The van der Waals surface area contributed by atoms with Crippen LogP contribution in [-0.2, 0) is 11.2 Å². The van der Waals surface area contributed by atoms with Crippen LogP contribution < -0.4 is 14.5 Å². The number of ether oxygens (including phenoxy) is 1. The molecule has 248 valence electrons. The summed E-state index contributed by atoms with van der Waals surface area (Å²) in [4.78, 5) is 29.4. The van der Waals surface area contributed by atoms with Crippen LogP contribution in [0.15, 0.2) is 70.9 Å². The number of fused-ring (bicyclic) bond motifs is 1. The molecule has 1 saturated heterocycles. The Hall–Kier alpha value is -4.62. The number of nitrogens with zero attached hydrogens (tertiary/aromatic N) is 6. The standard InChI is InChI=1S/C34H30ClF3N6O3S/c1-19(2)26-11-5-20(3)15-28(26)43-29(45)18-48-33(43)40-39-17-22-6-8-24(9-7-22)44-31(35)30(21(4)41-44)42-14-13-23-16-25(47-34(36,37)38)10-12-27(23)32(42)46/h5-12,15-17,19H,13-14,18H2,1-4H3/b39-17+,40-33-. The summed E-state index contributed by atoms with van der Waals surface area (Å²) in [7, 11) is 0. The van der Waals surface area contributed by atoms with Gasteiger partial charge in [-0.05, 0) is 84.8 Å². The number of benzene rings is 3. The highest BCUT2D eigenvalue weighted by Gasteiger charge is 2.34. The minimum Gasteiger partial charge on any atom is -0.406 e. The van der Waals surface area contributed by atoms with Gasteiger partial charge in [0.15, 0.2) is 10.3 Å². The SMILES string of the molecule is Cc1ccc(C(C)C)c(N2C(=O)CS/C2=N\N=C\c2ccc(-n3nc(C)c(N4CCc5cc(OC(F)(F)F)ccc5C4=O)c3Cl)cc2)c1. The Kier molecular flexibility index (Phi) is 9.10. The van der Waals surface area contributed by atoms with Crippen molar-refractivity contribution in [2.24, 2.45) is 10.2 Å². The zero-order valence-electron chi connectivity index (χ0n) is 26.4. The highest BCUT2D eigenvalue weighted by atomic mass is 35.5. The van der Waals surface area contributed by atoms with E-state index in [2.05, 4.69) is 33.9 Å². The second-order valence-electron chi connectivity index (χ2n) is 11.7. The molecule has 2 aliphatic heterocycles. The second kappa shape index (κ2) is 13.1. The van der Waals surface area contributed by atoms with Gasteiger partial charge in [-0.2, -0.15) is 10.2 Å². The molecule has 0 radical (unpaired) electrons. The average molecular weight is 695 g/mol. The zero-order chi connectivity index (χ0) is 34.3. The summed E-state index contributed by atoms with van der Waals surface area (Å²) in [6.45, 7) is 8.10. The summed E-state index contributed by atoms with van der Waals surface area (Å²) < 4.78 is 43.5. The number of halogens is 4. The Morgan fingerprint density at radius 1 is 1.04 bits per heavy atom. The fraction of sp³-hybridized carbons (Fsp3) is 0.265. The molecule has 1 aromatic heterocycles. The summed E-state index contributed by atoms with van der Waals surface area (Å²) in [5, 5.41) is 13.9. The lowest BCUT2D eigenvalue weighted by Crippen LogP contribution is -2.38. The molecule has 9 nitrogen and oxygen atoms in total. The molecule has 0 atom stereocenters. The number of rotatable bonds is 7. The number of anilines is 2. The number of aromatic nitrogens is 2. The van der Waals surface area contributed by atoms with Crippen LogP contribution >= 0.6 is 23.4 Å². The molecule has 0 unspecified atom stereocenters. The van der Waals surface area contributed by atoms with Crippen molar-refractivity contribution < 1.29 is 27.5 Å². The van der Waals surface area contributed by atoms with Gasteiger partial charge in [-0.1, -0.05) is 61.5 Å². The topological polar surface area (TPSA) is 92.4 Å². The summed E-state index contributed by atoms with van der Waals surface area (Å²) in [6, 6.07) is 17.0. The second-order valence-corrected chi connectivity index (χ2v) is 13.0. The van der Waals surface area contributed by atoms with E-state index in [9.17, 15) is 22.8 Å². The number of alkyl halides is 3. The van der Waals surface area contributed by atoms with Gasteiger partial charge in [0.1, 0.15) is 11.4 Å². The average Bonchev–Trinajstić information content (AvgIpc) is 3.54. The van der Waals surface area contributed by atoms with Gasteiger partial charge in [0.2, 0.25) is 5.91 Å². The first kappa shape index (κ1) is 33.3. The molecule has 6 rings (SSSR count). The van der Waals surface area contributed by atoms with Crippen molar-refractivity contribution in [1.82, 2.24) is 9.78 Å². The molecule has 3 aromatic carbocycles. The third-order valence-corrected chi connectivity index (χ3v) is 9.19. The van der Waals surface area contributed by atoms with Crippen LogP contribution in [0, 0.1) is 13.8 Å². The molecule has 0 spiro atoms. The quantitative estimate of drug-likeness (QED) is 0.145. The lowest BCUT2D eigenvalue weighted by atomic mass is 9.98. The number of amides is 2. The predicted molar refractivity (Wildman–Crippen MR) is 182 cm³/mol. The maximum atomic E-state index is 13.4. The number of hydrogen-bond acceptors (Lipinski definition) is 7. The van der Waals surface area contributed by atoms with E-state index in [4.69, 9.17) is 11.6 Å². The van der Waals surface area contributed by atoms with Crippen molar-refractivity contribution in [3.8, 4) is 11.4 Å². The van der Waals surface area contributed by atoms with E-state index in [0.717, 1.165) is 28.4 Å². The third-order valence-electron chi connectivity index (χ3n) is 7.94. The van der Waals surface area contributed by atoms with Crippen molar-refractivity contribution in [3.05, 3.63) is 99.3 Å². The Labute approximate surface area is 284 Å². The third kappa shape index (κ3) is 6.70. The smallest absolute Gasteiger partial charge is 0.406 e. The van der Waals surface area contributed by atoms with Crippen LogP contribution in [-0.4, -0.2) is 51.6 Å². The summed E-state index contributed by atoms with van der Waals surface area (Å²) in [6.07, 6.45) is -2.92. The molecule has 0 aliphatic carbocycles. The largest absolute Gasteiger partial charge is 0.573 e. The van der Waals surface area contributed by atoms with Crippen LogP contribution in [0.4, 0.5) is 24.5 Å². The van der Waals surface area contributed by atoms with Gasteiger partial charge in [0.25, 0.3) is 5.91 Å². The van der Waals surface area contributed by atoms with E-state index >= 15 is 0 Å². The van der Waals surface area contributed by atoms with Crippen LogP contribution in [0.1, 0.15) is 58.1 Å². The van der Waals surface area contributed by atoms with E-state index < -0.39 is 12.3 Å². The van der Waals surface area contributed by atoms with Crippen LogP contribution in [0.3, 0.4) is 0 Å². The van der Waals surface area contributed by atoms with Crippen LogP contribution in [0.5, 0.6) is 5.75 Å². The maximum absolute atomic E-state index is 13.4. The number of hydrogen-bond donors (Lipinski definition) is 0. The zero-order valence-corrected chi connectivity index (χ0v) is 28.0. The first-order valence-corrected chi connectivity index (χ1v) is 16.4. The van der Waals surface area contributed by atoms with Crippen molar-refractivity contribution in [2.45, 2.75) is 46.4 Å². The van der Waals surface area contributed by atoms with E-state index in [-0.39, 0.29) is 40.6 Å². The minimum absolute atomic E-state index is 0.0447. The number of carbonyl (C=O) groups excluding carboxylic acids is 2. The summed E-state index contributed by atoms with van der Waals surface area (Å²) in [5.41, 5.74) is 5.99. The Morgan fingerprint density at radius 2 is 1.79 bits per heavy atom. The van der Waals surface area contributed by atoms with Gasteiger partial charge in [0, 0.05) is 12.1 Å². The van der Waals surface area contributed by atoms with Gasteiger partial charge in [-0.3, -0.25) is 14.5 Å². The maximum Gasteiger partial charge on any atom is 0.573 e. The van der Waals surface area contributed by atoms with Crippen molar-refractivity contribution >= 4 is 57.9 Å². The lowest BCUT2D eigenvalue weighted by Gasteiger charge is -2.28.